The second-order valence-electron chi connectivity index (χ2n) is 8.23. The minimum Gasteiger partial charge on any atom is -0.325 e. The van der Waals surface area contributed by atoms with Gasteiger partial charge in [0.15, 0.2) is 5.16 Å². The van der Waals surface area contributed by atoms with E-state index in [1.165, 1.54) is 22.5 Å². The first-order chi connectivity index (χ1) is 14.7. The van der Waals surface area contributed by atoms with Crippen LogP contribution in [-0.4, -0.2) is 52.2 Å². The van der Waals surface area contributed by atoms with Gasteiger partial charge in [0, 0.05) is 31.7 Å². The Morgan fingerprint density at radius 3 is 2.42 bits per heavy atom. The highest BCUT2D eigenvalue weighted by Gasteiger charge is 2.29. The molecule has 8 nitrogen and oxygen atoms in total. The number of benzene rings is 1. The number of nitrogens with zero attached hydrogens (tertiary/aromatic N) is 4. The molecule has 1 heterocycles. The third-order valence-electron chi connectivity index (χ3n) is 5.62. The topological polar surface area (TPSA) is 97.2 Å². The van der Waals surface area contributed by atoms with Crippen LogP contribution in [0.25, 0.3) is 0 Å². The fourth-order valence-corrected chi connectivity index (χ4v) is 5.93. The van der Waals surface area contributed by atoms with E-state index in [0.29, 0.717) is 10.8 Å². The molecule has 1 aliphatic carbocycles. The molecule has 0 bridgehead atoms. The van der Waals surface area contributed by atoms with E-state index in [9.17, 15) is 13.2 Å². The molecule has 31 heavy (non-hydrogen) atoms. The first-order valence-electron chi connectivity index (χ1n) is 10.6. The van der Waals surface area contributed by atoms with Crippen molar-refractivity contribution in [1.82, 2.24) is 19.1 Å². The maximum atomic E-state index is 12.9. The zero-order valence-corrected chi connectivity index (χ0v) is 20.2. The van der Waals surface area contributed by atoms with Crippen LogP contribution in [0.5, 0.6) is 0 Å². The average Bonchev–Trinajstić information content (AvgIpc) is 3.13. The molecule has 170 valence electrons. The van der Waals surface area contributed by atoms with Gasteiger partial charge in [0.25, 0.3) is 0 Å². The number of nitrogens with one attached hydrogen (secondary N) is 1. The molecule has 10 heteroatoms. The summed E-state index contributed by atoms with van der Waals surface area (Å²) in [6.45, 7) is 4.09. The summed E-state index contributed by atoms with van der Waals surface area (Å²) in [5, 5.41) is 11.8. The minimum absolute atomic E-state index is 0.0620. The van der Waals surface area contributed by atoms with Crippen LogP contribution in [-0.2, 0) is 21.9 Å². The maximum Gasteiger partial charge on any atom is 0.243 e. The zero-order chi connectivity index (χ0) is 22.6. The van der Waals surface area contributed by atoms with Crippen LogP contribution < -0.4 is 5.32 Å². The Morgan fingerprint density at radius 1 is 1.19 bits per heavy atom. The third-order valence-corrected chi connectivity index (χ3v) is 8.57. The molecule has 1 saturated carbocycles. The molecule has 0 atom stereocenters. The van der Waals surface area contributed by atoms with Crippen molar-refractivity contribution in [2.24, 2.45) is 7.05 Å². The normalized spacial score (nSPS) is 15.5. The van der Waals surface area contributed by atoms with Gasteiger partial charge in [0.2, 0.25) is 15.9 Å². The van der Waals surface area contributed by atoms with Crippen molar-refractivity contribution in [3.05, 3.63) is 30.1 Å². The van der Waals surface area contributed by atoms with Gasteiger partial charge < -0.3 is 9.88 Å². The fraction of sp³-hybridized carbons (Fsp3) is 0.571. The number of amides is 1. The highest BCUT2D eigenvalue weighted by atomic mass is 32.2. The number of hydrogen-bond acceptors (Lipinski definition) is 6. The van der Waals surface area contributed by atoms with Crippen LogP contribution in [0.2, 0.25) is 0 Å². The Labute approximate surface area is 188 Å². The number of hydrogen-bond donors (Lipinski definition) is 1. The standard InChI is InChI=1S/C21H31N5O3S2/c1-15(2)20-23-24-21(25(20)3)30-14-19(27)22-16-10-12-18(13-11-16)31(28,29)26(4)17-8-6-5-7-9-17/h10-13,15,17H,5-9,14H2,1-4H3,(H,22,27). The van der Waals surface area contributed by atoms with Crippen molar-refractivity contribution in [3.8, 4) is 0 Å². The van der Waals surface area contributed by atoms with E-state index in [0.717, 1.165) is 31.5 Å². The number of anilines is 1. The second kappa shape index (κ2) is 10.1. The van der Waals surface area contributed by atoms with Crippen molar-refractivity contribution in [2.45, 2.75) is 68.0 Å². The quantitative estimate of drug-likeness (QED) is 0.598. The van der Waals surface area contributed by atoms with Gasteiger partial charge in [0.1, 0.15) is 5.82 Å². The fourth-order valence-electron chi connectivity index (χ4n) is 3.80. The van der Waals surface area contributed by atoms with Gasteiger partial charge in [-0.2, -0.15) is 4.31 Å². The predicted octanol–water partition coefficient (Wildman–Crippen LogP) is 3.62. The van der Waals surface area contributed by atoms with Gasteiger partial charge in [-0.05, 0) is 37.1 Å². The largest absolute Gasteiger partial charge is 0.325 e. The molecule has 1 aliphatic rings. The molecule has 1 aromatic carbocycles. The molecule has 3 rings (SSSR count). The zero-order valence-electron chi connectivity index (χ0n) is 18.5. The lowest BCUT2D eigenvalue weighted by Gasteiger charge is -2.30. The molecule has 0 radical (unpaired) electrons. The summed E-state index contributed by atoms with van der Waals surface area (Å²) < 4.78 is 29.2. The number of thioether (sulfide) groups is 1. The molecule has 0 spiro atoms. The lowest BCUT2D eigenvalue weighted by atomic mass is 9.96. The lowest BCUT2D eigenvalue weighted by Crippen LogP contribution is -2.38. The van der Waals surface area contributed by atoms with E-state index < -0.39 is 10.0 Å². The van der Waals surface area contributed by atoms with Crippen LogP contribution in [0.1, 0.15) is 57.7 Å². The maximum absolute atomic E-state index is 12.9. The Bertz CT molecular complexity index is 997. The number of carbonyl (C=O) groups is 1. The highest BCUT2D eigenvalue weighted by molar-refractivity contribution is 7.99. The smallest absolute Gasteiger partial charge is 0.243 e. The third kappa shape index (κ3) is 5.67. The minimum atomic E-state index is -3.54. The first kappa shape index (κ1) is 23.7. The molecule has 0 aliphatic heterocycles. The number of aromatic nitrogens is 3. The summed E-state index contributed by atoms with van der Waals surface area (Å²) >= 11 is 1.31. The summed E-state index contributed by atoms with van der Waals surface area (Å²) in [5.41, 5.74) is 0.561. The van der Waals surface area contributed by atoms with Crippen LogP contribution in [0.3, 0.4) is 0 Å². The van der Waals surface area contributed by atoms with Gasteiger partial charge in [-0.3, -0.25) is 4.79 Å². The number of carbonyl (C=O) groups excluding carboxylic acids is 1. The van der Waals surface area contributed by atoms with Crippen molar-refractivity contribution in [2.75, 3.05) is 18.1 Å². The molecule has 1 fully saturated rings. The lowest BCUT2D eigenvalue weighted by molar-refractivity contribution is -0.113. The summed E-state index contributed by atoms with van der Waals surface area (Å²) in [6.07, 6.45) is 5.13. The van der Waals surface area contributed by atoms with Crippen molar-refractivity contribution in [1.29, 1.82) is 0 Å². The molecule has 2 aromatic rings. The Morgan fingerprint density at radius 2 is 1.84 bits per heavy atom. The van der Waals surface area contributed by atoms with Crippen molar-refractivity contribution < 1.29 is 13.2 Å². The van der Waals surface area contributed by atoms with E-state index in [1.807, 2.05) is 25.5 Å². The first-order valence-corrected chi connectivity index (χ1v) is 13.0. The van der Waals surface area contributed by atoms with Gasteiger partial charge in [-0.1, -0.05) is 44.9 Å². The van der Waals surface area contributed by atoms with Crippen LogP contribution in [0.15, 0.2) is 34.3 Å². The summed E-state index contributed by atoms with van der Waals surface area (Å²) in [4.78, 5) is 12.6. The molecular weight excluding hydrogens is 434 g/mol. The SMILES string of the molecule is CC(C)c1nnc(SCC(=O)Nc2ccc(S(=O)(=O)N(C)C3CCCCC3)cc2)n1C. The van der Waals surface area contributed by atoms with Gasteiger partial charge >= 0.3 is 0 Å². The van der Waals surface area contributed by atoms with E-state index >= 15 is 0 Å². The second-order valence-corrected chi connectivity index (χ2v) is 11.2. The Balaban J connectivity index is 1.58. The number of rotatable bonds is 8. The summed E-state index contributed by atoms with van der Waals surface area (Å²) in [5.74, 6) is 1.13. The van der Waals surface area contributed by atoms with Gasteiger partial charge in [0.05, 0.1) is 10.6 Å². The van der Waals surface area contributed by atoms with E-state index in [2.05, 4.69) is 15.5 Å². The monoisotopic (exact) mass is 465 g/mol. The van der Waals surface area contributed by atoms with Crippen LogP contribution in [0.4, 0.5) is 5.69 Å². The van der Waals surface area contributed by atoms with Crippen molar-refractivity contribution in [3.63, 3.8) is 0 Å². The molecule has 1 aromatic heterocycles. The average molecular weight is 466 g/mol. The van der Waals surface area contributed by atoms with E-state index in [4.69, 9.17) is 0 Å². The summed E-state index contributed by atoms with van der Waals surface area (Å²) in [7, 11) is 0.00897. The molecular formula is C21H31N5O3S2. The predicted molar refractivity (Wildman–Crippen MR) is 123 cm³/mol. The van der Waals surface area contributed by atoms with E-state index in [1.54, 1.807) is 31.3 Å². The highest BCUT2D eigenvalue weighted by Crippen LogP contribution is 2.27. The van der Waals surface area contributed by atoms with Crippen LogP contribution in [0, 0.1) is 0 Å². The molecule has 0 saturated heterocycles. The Hall–Kier alpha value is -1.91. The molecule has 1 amide bonds. The summed E-state index contributed by atoms with van der Waals surface area (Å²) in [6, 6.07) is 6.42. The van der Waals surface area contributed by atoms with Gasteiger partial charge in [-0.15, -0.1) is 10.2 Å². The number of sulfonamides is 1. The van der Waals surface area contributed by atoms with Crippen LogP contribution >= 0.6 is 11.8 Å². The van der Waals surface area contributed by atoms with Gasteiger partial charge in [-0.25, -0.2) is 8.42 Å². The Kier molecular flexibility index (Phi) is 7.77. The van der Waals surface area contributed by atoms with E-state index in [-0.39, 0.29) is 28.5 Å². The van der Waals surface area contributed by atoms with Crippen molar-refractivity contribution >= 4 is 33.4 Å². The molecule has 1 N–H and O–H groups in total. The molecule has 0 unspecified atom stereocenters.